The van der Waals surface area contributed by atoms with Crippen molar-refractivity contribution in [2.45, 2.75) is 37.2 Å². The molecule has 124 valence electrons. The van der Waals surface area contributed by atoms with Gasteiger partial charge in [0.15, 0.2) is 0 Å². The van der Waals surface area contributed by atoms with E-state index < -0.39 is 10.0 Å². The Morgan fingerprint density at radius 1 is 1.35 bits per heavy atom. The second kappa shape index (κ2) is 7.38. The van der Waals surface area contributed by atoms with E-state index in [1.54, 1.807) is 23.0 Å². The molecule has 0 fully saturated rings. The third-order valence-electron chi connectivity index (χ3n) is 3.32. The molecule has 2 rings (SSSR count). The lowest BCUT2D eigenvalue weighted by atomic mass is 10.1. The van der Waals surface area contributed by atoms with E-state index in [1.807, 2.05) is 19.2 Å². The fraction of sp³-hybridized carbons (Fsp3) is 0.333. The standard InChI is InChI=1S/C15H20N4O3S/c1-12(11-19-10-2-9-17-19)18-15(20)8-5-13-3-6-14(7-4-13)23(16,21)22/h2-4,6-7,9-10,12H,5,8,11H2,1H3,(H,18,20)(H2,16,21,22)/t12-/m0/s1. The second-order valence-electron chi connectivity index (χ2n) is 5.39. The van der Waals surface area contributed by atoms with E-state index in [1.165, 1.54) is 12.1 Å². The molecule has 0 aliphatic carbocycles. The monoisotopic (exact) mass is 336 g/mol. The highest BCUT2D eigenvalue weighted by molar-refractivity contribution is 7.89. The number of hydrogen-bond donors (Lipinski definition) is 2. The van der Waals surface area contributed by atoms with Crippen LogP contribution in [0.2, 0.25) is 0 Å². The molecular formula is C15H20N4O3S. The van der Waals surface area contributed by atoms with Gasteiger partial charge in [-0.25, -0.2) is 13.6 Å². The van der Waals surface area contributed by atoms with Crippen molar-refractivity contribution in [2.75, 3.05) is 0 Å². The summed E-state index contributed by atoms with van der Waals surface area (Å²) >= 11 is 0. The van der Waals surface area contributed by atoms with Crippen molar-refractivity contribution < 1.29 is 13.2 Å². The molecule has 0 radical (unpaired) electrons. The summed E-state index contributed by atoms with van der Waals surface area (Å²) in [4.78, 5) is 12.0. The number of hydrogen-bond acceptors (Lipinski definition) is 4. The van der Waals surface area contributed by atoms with E-state index in [2.05, 4.69) is 10.4 Å². The van der Waals surface area contributed by atoms with Crippen LogP contribution in [-0.2, 0) is 27.8 Å². The summed E-state index contributed by atoms with van der Waals surface area (Å²) in [5.74, 6) is -0.0554. The molecule has 8 heteroatoms. The Balaban J connectivity index is 1.80. The lowest BCUT2D eigenvalue weighted by molar-refractivity contribution is -0.121. The summed E-state index contributed by atoms with van der Waals surface area (Å²) in [5, 5.41) is 12.0. The molecule has 23 heavy (non-hydrogen) atoms. The predicted octanol–water partition coefficient (Wildman–Crippen LogP) is 0.668. The molecule has 0 unspecified atom stereocenters. The van der Waals surface area contributed by atoms with Gasteiger partial charge in [0.05, 0.1) is 11.4 Å². The van der Waals surface area contributed by atoms with Crippen LogP contribution in [0.25, 0.3) is 0 Å². The molecular weight excluding hydrogens is 316 g/mol. The van der Waals surface area contributed by atoms with Crippen molar-refractivity contribution >= 4 is 15.9 Å². The van der Waals surface area contributed by atoms with Crippen molar-refractivity contribution in [3.8, 4) is 0 Å². The summed E-state index contributed by atoms with van der Waals surface area (Å²) in [6.45, 7) is 2.53. The predicted molar refractivity (Wildman–Crippen MR) is 86.0 cm³/mol. The number of sulfonamides is 1. The molecule has 1 atom stereocenters. The number of rotatable bonds is 7. The molecule has 0 spiro atoms. The fourth-order valence-electron chi connectivity index (χ4n) is 2.19. The highest BCUT2D eigenvalue weighted by Crippen LogP contribution is 2.10. The Morgan fingerprint density at radius 2 is 2.04 bits per heavy atom. The number of primary sulfonamides is 1. The highest BCUT2D eigenvalue weighted by Gasteiger charge is 2.10. The molecule has 1 heterocycles. The van der Waals surface area contributed by atoms with Crippen LogP contribution in [-0.4, -0.2) is 30.1 Å². The van der Waals surface area contributed by atoms with Gasteiger partial charge in [0.1, 0.15) is 0 Å². The van der Waals surface area contributed by atoms with Crippen LogP contribution >= 0.6 is 0 Å². The molecule has 1 amide bonds. The number of aryl methyl sites for hydroxylation is 1. The van der Waals surface area contributed by atoms with Gasteiger partial charge in [-0.1, -0.05) is 12.1 Å². The summed E-state index contributed by atoms with van der Waals surface area (Å²) in [7, 11) is -3.68. The Bertz CT molecular complexity index is 740. The molecule has 1 aromatic heterocycles. The Kier molecular flexibility index (Phi) is 5.51. The molecule has 1 aromatic carbocycles. The van der Waals surface area contributed by atoms with Crippen LogP contribution in [0.4, 0.5) is 0 Å². The van der Waals surface area contributed by atoms with Crippen LogP contribution in [0.3, 0.4) is 0 Å². The second-order valence-corrected chi connectivity index (χ2v) is 6.95. The zero-order valence-corrected chi connectivity index (χ0v) is 13.7. The maximum Gasteiger partial charge on any atom is 0.238 e. The Morgan fingerprint density at radius 3 is 2.61 bits per heavy atom. The van der Waals surface area contributed by atoms with Crippen molar-refractivity contribution in [1.29, 1.82) is 0 Å². The quantitative estimate of drug-likeness (QED) is 0.775. The van der Waals surface area contributed by atoms with Gasteiger partial charge in [-0.15, -0.1) is 0 Å². The minimum atomic E-state index is -3.68. The minimum absolute atomic E-state index is 0.0211. The molecule has 0 saturated heterocycles. The summed E-state index contributed by atoms with van der Waals surface area (Å²) in [6, 6.07) is 8.04. The van der Waals surface area contributed by atoms with E-state index in [0.717, 1.165) is 5.56 Å². The van der Waals surface area contributed by atoms with E-state index >= 15 is 0 Å². The largest absolute Gasteiger partial charge is 0.352 e. The highest BCUT2D eigenvalue weighted by atomic mass is 32.2. The topological polar surface area (TPSA) is 107 Å². The maximum atomic E-state index is 11.9. The van der Waals surface area contributed by atoms with Gasteiger partial charge in [0.2, 0.25) is 15.9 Å². The van der Waals surface area contributed by atoms with Crippen LogP contribution in [0.15, 0.2) is 47.6 Å². The summed E-state index contributed by atoms with van der Waals surface area (Å²) in [5.41, 5.74) is 0.882. The van der Waals surface area contributed by atoms with Crippen LogP contribution in [0.5, 0.6) is 0 Å². The smallest absolute Gasteiger partial charge is 0.238 e. The average Bonchev–Trinajstić information content (AvgIpc) is 2.97. The number of nitrogens with one attached hydrogen (secondary N) is 1. The van der Waals surface area contributed by atoms with Gasteiger partial charge in [-0.3, -0.25) is 9.48 Å². The molecule has 0 saturated carbocycles. The van der Waals surface area contributed by atoms with Gasteiger partial charge in [0.25, 0.3) is 0 Å². The van der Waals surface area contributed by atoms with Gasteiger partial charge in [-0.05, 0) is 37.1 Å². The Labute approximate surface area is 135 Å². The van der Waals surface area contributed by atoms with E-state index in [9.17, 15) is 13.2 Å². The molecule has 7 nitrogen and oxygen atoms in total. The van der Waals surface area contributed by atoms with Crippen molar-refractivity contribution in [2.24, 2.45) is 5.14 Å². The van der Waals surface area contributed by atoms with Gasteiger partial charge in [0, 0.05) is 24.9 Å². The third-order valence-corrected chi connectivity index (χ3v) is 4.25. The molecule has 2 aromatic rings. The number of carbonyl (C=O) groups is 1. The molecule has 0 aliphatic heterocycles. The van der Waals surface area contributed by atoms with Crippen molar-refractivity contribution in [3.05, 3.63) is 48.3 Å². The first kappa shape index (κ1) is 17.2. The van der Waals surface area contributed by atoms with E-state index in [-0.39, 0.29) is 16.8 Å². The van der Waals surface area contributed by atoms with Gasteiger partial charge < -0.3 is 5.32 Å². The number of nitrogens with two attached hydrogens (primary N) is 1. The van der Waals surface area contributed by atoms with Crippen LogP contribution in [0, 0.1) is 0 Å². The zero-order valence-electron chi connectivity index (χ0n) is 12.8. The third kappa shape index (κ3) is 5.50. The van der Waals surface area contributed by atoms with Crippen molar-refractivity contribution in [3.63, 3.8) is 0 Å². The first-order valence-corrected chi connectivity index (χ1v) is 8.78. The maximum absolute atomic E-state index is 11.9. The van der Waals surface area contributed by atoms with Gasteiger partial charge >= 0.3 is 0 Å². The summed E-state index contributed by atoms with van der Waals surface area (Å²) in [6.07, 6.45) is 4.40. The number of benzene rings is 1. The Hall–Kier alpha value is -2.19. The molecule has 3 N–H and O–H groups in total. The van der Waals surface area contributed by atoms with E-state index in [0.29, 0.717) is 19.4 Å². The number of aromatic nitrogens is 2. The van der Waals surface area contributed by atoms with E-state index in [4.69, 9.17) is 5.14 Å². The lowest BCUT2D eigenvalue weighted by Crippen LogP contribution is -2.35. The van der Waals surface area contributed by atoms with Gasteiger partial charge in [-0.2, -0.15) is 5.10 Å². The number of carbonyl (C=O) groups excluding carboxylic acids is 1. The number of amides is 1. The van der Waals surface area contributed by atoms with Crippen molar-refractivity contribution in [1.82, 2.24) is 15.1 Å². The summed E-state index contributed by atoms with van der Waals surface area (Å²) < 4.78 is 24.1. The van der Waals surface area contributed by atoms with Crippen LogP contribution < -0.4 is 10.5 Å². The molecule has 0 aliphatic rings. The molecule has 0 bridgehead atoms. The first-order chi connectivity index (χ1) is 10.8. The van der Waals surface area contributed by atoms with Crippen LogP contribution in [0.1, 0.15) is 18.9 Å². The normalized spacial score (nSPS) is 12.8. The fourth-order valence-corrected chi connectivity index (χ4v) is 2.70. The zero-order chi connectivity index (χ0) is 16.9. The number of nitrogens with zero attached hydrogens (tertiary/aromatic N) is 2. The first-order valence-electron chi connectivity index (χ1n) is 7.23. The lowest BCUT2D eigenvalue weighted by Gasteiger charge is -2.14. The minimum Gasteiger partial charge on any atom is -0.352 e. The SMILES string of the molecule is C[C@@H](Cn1cccn1)NC(=O)CCc1ccc(S(N)(=O)=O)cc1. The average molecular weight is 336 g/mol.